The second kappa shape index (κ2) is 6.08. The zero-order valence-electron chi connectivity index (χ0n) is 11.4. The van der Waals surface area contributed by atoms with Crippen LogP contribution in [0, 0.1) is 17.0 Å². The molecule has 0 aliphatic heterocycles. The van der Waals surface area contributed by atoms with Gasteiger partial charge in [0, 0.05) is 12.1 Å². The minimum absolute atomic E-state index is 0.0102. The summed E-state index contributed by atoms with van der Waals surface area (Å²) in [5, 5.41) is 32.4. The maximum atomic E-state index is 10.7. The first-order valence-corrected chi connectivity index (χ1v) is 6.33. The van der Waals surface area contributed by atoms with Gasteiger partial charge in [-0.15, -0.1) is 0 Å². The Morgan fingerprint density at radius 2 is 2.05 bits per heavy atom. The molecule has 7 nitrogen and oxygen atoms in total. The summed E-state index contributed by atoms with van der Waals surface area (Å²) in [6, 6.07) is 6.25. The number of nitro groups is 1. The zero-order chi connectivity index (χ0) is 15.4. The standard InChI is InChI=1S/C14H15N3O4/c1-9-6-14(16-8-11(9)17(20)21)15-5-4-10-2-3-12(18)13(19)7-10/h2-3,6-8,18-19H,4-5H2,1H3,(H,15,16). The molecule has 0 radical (unpaired) electrons. The lowest BCUT2D eigenvalue weighted by Gasteiger charge is -2.07. The molecule has 0 saturated heterocycles. The Bertz CT molecular complexity index is 673. The van der Waals surface area contributed by atoms with Gasteiger partial charge < -0.3 is 15.5 Å². The molecule has 1 aromatic carbocycles. The van der Waals surface area contributed by atoms with Crippen molar-refractivity contribution in [3.8, 4) is 11.5 Å². The van der Waals surface area contributed by atoms with Crippen molar-refractivity contribution in [3.05, 3.63) is 51.7 Å². The molecule has 2 aromatic rings. The Labute approximate surface area is 121 Å². The summed E-state index contributed by atoms with van der Waals surface area (Å²) in [5.74, 6) is 0.247. The molecule has 0 atom stereocenters. The predicted octanol–water partition coefficient (Wildman–Crippen LogP) is 2.36. The number of rotatable bonds is 5. The van der Waals surface area contributed by atoms with Crippen molar-refractivity contribution in [2.45, 2.75) is 13.3 Å². The molecule has 0 saturated carbocycles. The number of aryl methyl sites for hydroxylation is 1. The van der Waals surface area contributed by atoms with Gasteiger partial charge in [0.25, 0.3) is 5.69 Å². The van der Waals surface area contributed by atoms with E-state index in [2.05, 4.69) is 10.3 Å². The van der Waals surface area contributed by atoms with Gasteiger partial charge >= 0.3 is 0 Å². The van der Waals surface area contributed by atoms with Crippen molar-refractivity contribution < 1.29 is 15.1 Å². The number of hydrogen-bond acceptors (Lipinski definition) is 6. The average Bonchev–Trinajstić information content (AvgIpc) is 2.42. The van der Waals surface area contributed by atoms with Gasteiger partial charge in [0.15, 0.2) is 11.5 Å². The summed E-state index contributed by atoms with van der Waals surface area (Å²) in [5.41, 5.74) is 1.39. The highest BCUT2D eigenvalue weighted by Crippen LogP contribution is 2.25. The third-order valence-electron chi connectivity index (χ3n) is 3.04. The molecule has 0 aliphatic rings. The highest BCUT2D eigenvalue weighted by molar-refractivity contribution is 5.47. The van der Waals surface area contributed by atoms with Crippen LogP contribution < -0.4 is 5.32 Å². The van der Waals surface area contributed by atoms with Crippen LogP contribution >= 0.6 is 0 Å². The summed E-state index contributed by atoms with van der Waals surface area (Å²) in [7, 11) is 0. The largest absolute Gasteiger partial charge is 0.504 e. The normalized spacial score (nSPS) is 10.3. The fraction of sp³-hybridized carbons (Fsp3) is 0.214. The van der Waals surface area contributed by atoms with Crippen LogP contribution in [0.5, 0.6) is 11.5 Å². The van der Waals surface area contributed by atoms with Crippen molar-refractivity contribution in [1.29, 1.82) is 0 Å². The first-order valence-electron chi connectivity index (χ1n) is 6.33. The predicted molar refractivity (Wildman–Crippen MR) is 77.6 cm³/mol. The second-order valence-corrected chi connectivity index (χ2v) is 4.61. The van der Waals surface area contributed by atoms with Crippen molar-refractivity contribution in [3.63, 3.8) is 0 Å². The van der Waals surface area contributed by atoms with E-state index in [0.717, 1.165) is 5.56 Å². The Kier molecular flexibility index (Phi) is 4.22. The number of nitrogens with zero attached hydrogens (tertiary/aromatic N) is 2. The Hall–Kier alpha value is -2.83. The highest BCUT2D eigenvalue weighted by Gasteiger charge is 2.11. The lowest BCUT2D eigenvalue weighted by molar-refractivity contribution is -0.385. The SMILES string of the molecule is Cc1cc(NCCc2ccc(O)c(O)c2)ncc1[N+](=O)[O-]. The number of phenols is 2. The first-order chi connectivity index (χ1) is 9.97. The maximum Gasteiger partial charge on any atom is 0.290 e. The smallest absolute Gasteiger partial charge is 0.290 e. The summed E-state index contributed by atoms with van der Waals surface area (Å²) < 4.78 is 0. The molecule has 21 heavy (non-hydrogen) atoms. The molecule has 0 aliphatic carbocycles. The Morgan fingerprint density at radius 3 is 2.67 bits per heavy atom. The van der Waals surface area contributed by atoms with Crippen molar-refractivity contribution in [1.82, 2.24) is 4.98 Å². The van der Waals surface area contributed by atoms with Crippen LogP contribution in [0.4, 0.5) is 11.5 Å². The van der Waals surface area contributed by atoms with Crippen LogP contribution in [0.25, 0.3) is 0 Å². The molecule has 1 aromatic heterocycles. The molecule has 110 valence electrons. The van der Waals surface area contributed by atoms with Gasteiger partial charge in [-0.1, -0.05) is 6.07 Å². The number of nitrogens with one attached hydrogen (secondary N) is 1. The van der Waals surface area contributed by atoms with Gasteiger partial charge in [0.2, 0.25) is 0 Å². The fourth-order valence-corrected chi connectivity index (χ4v) is 1.90. The van der Waals surface area contributed by atoms with Gasteiger partial charge in [-0.05, 0) is 37.1 Å². The van der Waals surface area contributed by atoms with E-state index in [4.69, 9.17) is 0 Å². The van der Waals surface area contributed by atoms with Crippen molar-refractivity contribution in [2.75, 3.05) is 11.9 Å². The molecular weight excluding hydrogens is 274 g/mol. The van der Waals surface area contributed by atoms with Gasteiger partial charge in [-0.3, -0.25) is 10.1 Å². The molecule has 0 bridgehead atoms. The Balaban J connectivity index is 1.95. The zero-order valence-corrected chi connectivity index (χ0v) is 11.4. The second-order valence-electron chi connectivity index (χ2n) is 4.61. The van der Waals surface area contributed by atoms with Gasteiger partial charge in [-0.25, -0.2) is 4.98 Å². The van der Waals surface area contributed by atoms with E-state index >= 15 is 0 Å². The Morgan fingerprint density at radius 1 is 1.29 bits per heavy atom. The fourth-order valence-electron chi connectivity index (χ4n) is 1.90. The molecular formula is C14H15N3O4. The first kappa shape index (κ1) is 14.6. The molecule has 1 heterocycles. The molecule has 0 unspecified atom stereocenters. The van der Waals surface area contributed by atoms with E-state index in [-0.39, 0.29) is 17.2 Å². The van der Waals surface area contributed by atoms with Crippen LogP contribution in [0.15, 0.2) is 30.5 Å². The highest BCUT2D eigenvalue weighted by atomic mass is 16.6. The molecule has 3 N–H and O–H groups in total. The monoisotopic (exact) mass is 289 g/mol. The average molecular weight is 289 g/mol. The van der Waals surface area contributed by atoms with Gasteiger partial charge in [0.05, 0.1) is 4.92 Å². The van der Waals surface area contributed by atoms with E-state index in [1.807, 2.05) is 0 Å². The van der Waals surface area contributed by atoms with Crippen LogP contribution in [-0.2, 0) is 6.42 Å². The summed E-state index contributed by atoms with van der Waals surface area (Å²) >= 11 is 0. The van der Waals surface area contributed by atoms with Crippen LogP contribution in [0.3, 0.4) is 0 Å². The molecule has 7 heteroatoms. The number of aromatic nitrogens is 1. The molecule has 0 spiro atoms. The summed E-state index contributed by atoms with van der Waals surface area (Å²) in [6.07, 6.45) is 1.84. The summed E-state index contributed by atoms with van der Waals surface area (Å²) in [4.78, 5) is 14.2. The minimum atomic E-state index is -0.467. The van der Waals surface area contributed by atoms with Gasteiger partial charge in [0.1, 0.15) is 12.0 Å². The van der Waals surface area contributed by atoms with E-state index in [1.165, 1.54) is 18.3 Å². The van der Waals surface area contributed by atoms with E-state index in [9.17, 15) is 20.3 Å². The van der Waals surface area contributed by atoms with Crippen LogP contribution in [-0.4, -0.2) is 26.7 Å². The van der Waals surface area contributed by atoms with Crippen LogP contribution in [0.2, 0.25) is 0 Å². The topological polar surface area (TPSA) is 109 Å². The molecule has 2 rings (SSSR count). The summed E-state index contributed by atoms with van der Waals surface area (Å²) in [6.45, 7) is 2.21. The van der Waals surface area contributed by atoms with Gasteiger partial charge in [-0.2, -0.15) is 0 Å². The third kappa shape index (κ3) is 3.59. The number of anilines is 1. The van der Waals surface area contributed by atoms with E-state index in [0.29, 0.717) is 24.3 Å². The number of phenolic OH excluding ortho intramolecular Hbond substituents is 2. The lowest BCUT2D eigenvalue weighted by atomic mass is 10.1. The molecule has 0 fully saturated rings. The maximum absolute atomic E-state index is 10.7. The minimum Gasteiger partial charge on any atom is -0.504 e. The van der Waals surface area contributed by atoms with E-state index < -0.39 is 4.92 Å². The third-order valence-corrected chi connectivity index (χ3v) is 3.04. The number of aromatic hydroxyl groups is 2. The number of benzene rings is 1. The lowest BCUT2D eigenvalue weighted by Crippen LogP contribution is -2.07. The van der Waals surface area contributed by atoms with Crippen LogP contribution in [0.1, 0.15) is 11.1 Å². The number of hydrogen-bond donors (Lipinski definition) is 3. The van der Waals surface area contributed by atoms with E-state index in [1.54, 1.807) is 19.1 Å². The van der Waals surface area contributed by atoms with Crippen molar-refractivity contribution in [2.24, 2.45) is 0 Å². The molecule has 0 amide bonds. The number of pyridine rings is 1. The quantitative estimate of drug-likeness (QED) is 0.443. The van der Waals surface area contributed by atoms with Crippen molar-refractivity contribution >= 4 is 11.5 Å².